The number of thiazole rings is 1. The van der Waals surface area contributed by atoms with E-state index >= 15 is 0 Å². The number of hydrogen-bond acceptors (Lipinski definition) is 5. The molecule has 1 unspecified atom stereocenters. The molecule has 0 saturated heterocycles. The molecule has 0 aliphatic heterocycles. The van der Waals surface area contributed by atoms with Crippen molar-refractivity contribution in [2.45, 2.75) is 20.0 Å². The van der Waals surface area contributed by atoms with Gasteiger partial charge >= 0.3 is 5.97 Å². The van der Waals surface area contributed by atoms with Crippen molar-refractivity contribution >= 4 is 17.3 Å². The predicted octanol–water partition coefficient (Wildman–Crippen LogP) is 1.05. The summed E-state index contributed by atoms with van der Waals surface area (Å²) >= 11 is 1.25. The van der Waals surface area contributed by atoms with Crippen LogP contribution >= 0.6 is 11.3 Å². The first-order valence-electron chi connectivity index (χ1n) is 3.91. The zero-order valence-electron chi connectivity index (χ0n) is 7.48. The Bertz CT molecular complexity index is 297. The van der Waals surface area contributed by atoms with Gasteiger partial charge in [0.2, 0.25) is 0 Å². The number of ether oxygens (including phenoxy) is 1. The SMILES string of the molecule is CCOC(=O)C(O)c1scnc1C. The van der Waals surface area contributed by atoms with E-state index in [0.717, 1.165) is 0 Å². The number of aryl methyl sites for hydroxylation is 1. The van der Waals surface area contributed by atoms with Crippen LogP contribution in [0.2, 0.25) is 0 Å². The van der Waals surface area contributed by atoms with Gasteiger partial charge in [-0.3, -0.25) is 0 Å². The molecule has 4 nitrogen and oxygen atoms in total. The topological polar surface area (TPSA) is 59.4 Å². The fourth-order valence-electron chi connectivity index (χ4n) is 0.902. The van der Waals surface area contributed by atoms with Crippen LogP contribution in [0.5, 0.6) is 0 Å². The number of carbonyl (C=O) groups excluding carboxylic acids is 1. The minimum atomic E-state index is -1.19. The Kier molecular flexibility index (Phi) is 3.39. The van der Waals surface area contributed by atoms with Crippen LogP contribution in [0.15, 0.2) is 5.51 Å². The zero-order chi connectivity index (χ0) is 9.84. The quantitative estimate of drug-likeness (QED) is 0.742. The first-order chi connectivity index (χ1) is 6.16. The third kappa shape index (κ3) is 2.26. The first-order valence-corrected chi connectivity index (χ1v) is 4.79. The lowest BCUT2D eigenvalue weighted by Crippen LogP contribution is -2.15. The number of aliphatic hydroxyl groups is 1. The molecule has 1 atom stereocenters. The number of aliphatic hydroxyl groups excluding tert-OH is 1. The highest BCUT2D eigenvalue weighted by molar-refractivity contribution is 7.09. The second kappa shape index (κ2) is 4.34. The maximum atomic E-state index is 11.1. The predicted molar refractivity (Wildman–Crippen MR) is 48.4 cm³/mol. The summed E-state index contributed by atoms with van der Waals surface area (Å²) < 4.78 is 4.67. The second-order valence-electron chi connectivity index (χ2n) is 2.46. The van der Waals surface area contributed by atoms with Crippen LogP contribution in [0, 0.1) is 6.92 Å². The molecule has 0 bridgehead atoms. The third-order valence-corrected chi connectivity index (χ3v) is 2.52. The first kappa shape index (κ1) is 10.1. The molecular weight excluding hydrogens is 190 g/mol. The lowest BCUT2D eigenvalue weighted by Gasteiger charge is -2.07. The van der Waals surface area contributed by atoms with Gasteiger partial charge in [0.25, 0.3) is 0 Å². The maximum absolute atomic E-state index is 11.1. The van der Waals surface area contributed by atoms with Crippen molar-refractivity contribution in [2.24, 2.45) is 0 Å². The summed E-state index contributed by atoms with van der Waals surface area (Å²) in [5, 5.41) is 9.49. The molecule has 0 aliphatic carbocycles. The van der Waals surface area contributed by atoms with Crippen LogP contribution in [0.1, 0.15) is 23.6 Å². The van der Waals surface area contributed by atoms with Gasteiger partial charge < -0.3 is 9.84 Å². The summed E-state index contributed by atoms with van der Waals surface area (Å²) in [6.07, 6.45) is -1.19. The van der Waals surface area contributed by atoms with Crippen LogP contribution in [0.4, 0.5) is 0 Å². The van der Waals surface area contributed by atoms with E-state index in [2.05, 4.69) is 9.72 Å². The van der Waals surface area contributed by atoms with Gasteiger partial charge in [-0.05, 0) is 13.8 Å². The standard InChI is InChI=1S/C8H11NO3S/c1-3-12-8(11)6(10)7-5(2)9-4-13-7/h4,6,10H,3H2,1-2H3. The molecule has 1 N–H and O–H groups in total. The van der Waals surface area contributed by atoms with E-state index in [1.165, 1.54) is 11.3 Å². The highest BCUT2D eigenvalue weighted by atomic mass is 32.1. The second-order valence-corrected chi connectivity index (χ2v) is 3.34. The molecule has 0 aliphatic rings. The Morgan fingerprint density at radius 1 is 1.85 bits per heavy atom. The largest absolute Gasteiger partial charge is 0.464 e. The fraction of sp³-hybridized carbons (Fsp3) is 0.500. The number of rotatable bonds is 3. The Morgan fingerprint density at radius 3 is 3.00 bits per heavy atom. The zero-order valence-corrected chi connectivity index (χ0v) is 8.30. The lowest BCUT2D eigenvalue weighted by atomic mass is 10.2. The summed E-state index contributed by atoms with van der Waals surface area (Å²) in [6.45, 7) is 3.71. The third-order valence-electron chi connectivity index (χ3n) is 1.54. The normalized spacial score (nSPS) is 12.5. The fourth-order valence-corrected chi connectivity index (χ4v) is 1.67. The molecule has 0 saturated carbocycles. The summed E-state index contributed by atoms with van der Waals surface area (Å²) in [7, 11) is 0. The van der Waals surface area contributed by atoms with Gasteiger partial charge in [0.05, 0.1) is 22.7 Å². The molecule has 1 rings (SSSR count). The molecule has 0 radical (unpaired) electrons. The van der Waals surface area contributed by atoms with Crippen molar-refractivity contribution in [1.29, 1.82) is 0 Å². The molecular formula is C8H11NO3S. The average molecular weight is 201 g/mol. The number of hydrogen-bond donors (Lipinski definition) is 1. The van der Waals surface area contributed by atoms with Crippen molar-refractivity contribution in [2.75, 3.05) is 6.61 Å². The minimum Gasteiger partial charge on any atom is -0.464 e. The van der Waals surface area contributed by atoms with E-state index in [0.29, 0.717) is 10.6 Å². The van der Waals surface area contributed by atoms with Gasteiger partial charge in [-0.25, -0.2) is 9.78 Å². The van der Waals surface area contributed by atoms with Crippen LogP contribution in [-0.2, 0) is 9.53 Å². The van der Waals surface area contributed by atoms with Gasteiger partial charge in [-0.2, -0.15) is 0 Å². The van der Waals surface area contributed by atoms with Crippen LogP contribution < -0.4 is 0 Å². The summed E-state index contributed by atoms with van der Waals surface area (Å²) in [5.41, 5.74) is 2.26. The molecule has 0 spiro atoms. The summed E-state index contributed by atoms with van der Waals surface area (Å²) in [4.78, 5) is 15.6. The number of nitrogens with zero attached hydrogens (tertiary/aromatic N) is 1. The Hall–Kier alpha value is -0.940. The van der Waals surface area contributed by atoms with Crippen molar-refractivity contribution in [3.63, 3.8) is 0 Å². The van der Waals surface area contributed by atoms with Crippen LogP contribution in [0.3, 0.4) is 0 Å². The molecule has 5 heteroatoms. The van der Waals surface area contributed by atoms with Gasteiger partial charge in [-0.1, -0.05) is 0 Å². The van der Waals surface area contributed by atoms with E-state index in [1.807, 2.05) is 0 Å². The van der Waals surface area contributed by atoms with Gasteiger partial charge in [0, 0.05) is 0 Å². The van der Waals surface area contributed by atoms with E-state index in [-0.39, 0.29) is 6.61 Å². The molecule has 1 aromatic rings. The van der Waals surface area contributed by atoms with Gasteiger partial charge in [-0.15, -0.1) is 11.3 Å². The highest BCUT2D eigenvalue weighted by Gasteiger charge is 2.22. The molecule has 0 amide bonds. The maximum Gasteiger partial charge on any atom is 0.340 e. The number of aromatic nitrogens is 1. The van der Waals surface area contributed by atoms with E-state index in [9.17, 15) is 9.90 Å². The van der Waals surface area contributed by atoms with Crippen molar-refractivity contribution in [3.8, 4) is 0 Å². The minimum absolute atomic E-state index is 0.272. The summed E-state index contributed by atoms with van der Waals surface area (Å²) in [5.74, 6) is -0.616. The van der Waals surface area contributed by atoms with E-state index in [1.54, 1.807) is 19.4 Å². The summed E-state index contributed by atoms with van der Waals surface area (Å²) in [6, 6.07) is 0. The number of carbonyl (C=O) groups is 1. The van der Waals surface area contributed by atoms with E-state index < -0.39 is 12.1 Å². The average Bonchev–Trinajstić information content (AvgIpc) is 2.50. The van der Waals surface area contributed by atoms with Gasteiger partial charge in [0.1, 0.15) is 0 Å². The van der Waals surface area contributed by atoms with E-state index in [4.69, 9.17) is 0 Å². The highest BCUT2D eigenvalue weighted by Crippen LogP contribution is 2.22. The van der Waals surface area contributed by atoms with Gasteiger partial charge in [0.15, 0.2) is 6.10 Å². The van der Waals surface area contributed by atoms with Crippen LogP contribution in [-0.4, -0.2) is 22.7 Å². The molecule has 13 heavy (non-hydrogen) atoms. The molecule has 0 fully saturated rings. The smallest absolute Gasteiger partial charge is 0.340 e. The van der Waals surface area contributed by atoms with Crippen molar-refractivity contribution in [3.05, 3.63) is 16.1 Å². The molecule has 1 aromatic heterocycles. The monoisotopic (exact) mass is 201 g/mol. The Labute approximate surface area is 80.2 Å². The van der Waals surface area contributed by atoms with Crippen molar-refractivity contribution < 1.29 is 14.6 Å². The molecule has 72 valence electrons. The molecule has 1 heterocycles. The lowest BCUT2D eigenvalue weighted by molar-refractivity contribution is -0.153. The molecule has 0 aromatic carbocycles. The Morgan fingerprint density at radius 2 is 2.54 bits per heavy atom. The van der Waals surface area contributed by atoms with Crippen molar-refractivity contribution in [1.82, 2.24) is 4.98 Å². The number of esters is 1. The Balaban J connectivity index is 2.73. The van der Waals surface area contributed by atoms with Crippen LogP contribution in [0.25, 0.3) is 0 Å².